The molecule has 4 aliphatic carbocycles. The Morgan fingerprint density at radius 2 is 1.97 bits per heavy atom. The van der Waals surface area contributed by atoms with Crippen molar-refractivity contribution in [1.82, 2.24) is 4.57 Å². The molecule has 7 heteroatoms. The van der Waals surface area contributed by atoms with E-state index in [1.165, 1.54) is 0 Å². The molecule has 4 aliphatic rings. The van der Waals surface area contributed by atoms with Gasteiger partial charge in [0.15, 0.2) is 12.4 Å². The zero-order chi connectivity index (χ0) is 27.7. The molecule has 1 aromatic carbocycles. The molecule has 0 spiro atoms. The molecular formula is C32H37NO6. The molecule has 0 bridgehead atoms. The number of carbonyl (C=O) groups excluding carboxylic acids is 3. The zero-order valence-electron chi connectivity index (χ0n) is 22.9. The molecule has 5 unspecified atom stereocenters. The second kappa shape index (κ2) is 9.00. The van der Waals surface area contributed by atoms with E-state index in [9.17, 15) is 24.6 Å². The number of rotatable bonds is 5. The average Bonchev–Trinajstić information content (AvgIpc) is 3.39. The number of allylic oxidation sites excluding steroid dienone is 4. The molecule has 39 heavy (non-hydrogen) atoms. The van der Waals surface area contributed by atoms with Crippen LogP contribution < -0.4 is 0 Å². The fourth-order valence-electron chi connectivity index (χ4n) is 8.69. The fraction of sp³-hybridized carbons (Fsp3) is 0.531. The Labute approximate surface area is 228 Å². The van der Waals surface area contributed by atoms with Crippen molar-refractivity contribution in [2.24, 2.45) is 35.6 Å². The summed E-state index contributed by atoms with van der Waals surface area (Å²) >= 11 is 0. The Bertz CT molecular complexity index is 1440. The van der Waals surface area contributed by atoms with Gasteiger partial charge < -0.3 is 19.5 Å². The number of hydrogen-bond donors (Lipinski definition) is 2. The second-order valence-electron chi connectivity index (χ2n) is 12.7. The van der Waals surface area contributed by atoms with Gasteiger partial charge >= 0.3 is 5.97 Å². The minimum atomic E-state index is -1.67. The summed E-state index contributed by atoms with van der Waals surface area (Å²) in [5, 5.41) is 24.4. The van der Waals surface area contributed by atoms with E-state index < -0.39 is 40.9 Å². The van der Waals surface area contributed by atoms with Crippen molar-refractivity contribution in [3.63, 3.8) is 0 Å². The first-order valence-corrected chi connectivity index (χ1v) is 14.0. The lowest BCUT2D eigenvalue weighted by Gasteiger charge is -2.59. The largest absolute Gasteiger partial charge is 0.457 e. The first-order valence-electron chi connectivity index (χ1n) is 14.0. The second-order valence-corrected chi connectivity index (χ2v) is 12.7. The van der Waals surface area contributed by atoms with Gasteiger partial charge in [0.1, 0.15) is 5.60 Å². The fourth-order valence-corrected chi connectivity index (χ4v) is 8.69. The highest BCUT2D eigenvalue weighted by Gasteiger charge is 2.68. The maximum atomic E-state index is 13.5. The number of nitrogens with zero attached hydrogens (tertiary/aromatic N) is 1. The number of fused-ring (bicyclic) bond motifs is 6. The van der Waals surface area contributed by atoms with E-state index in [-0.39, 0.29) is 36.4 Å². The number of aliphatic hydroxyl groups is 2. The van der Waals surface area contributed by atoms with Crippen molar-refractivity contribution < 1.29 is 29.3 Å². The highest BCUT2D eigenvalue weighted by atomic mass is 16.5. The molecule has 1 aromatic heterocycles. The Hall–Kier alpha value is -3.03. The molecule has 0 radical (unpaired) electrons. The van der Waals surface area contributed by atoms with Gasteiger partial charge in [0.05, 0.1) is 12.5 Å². The van der Waals surface area contributed by atoms with E-state index in [0.29, 0.717) is 12.8 Å². The standard InChI is InChI=1S/C32H37NO6/c1-30-11-8-22(34)16-21(30)6-7-23-24-9-12-32(38,31(24,2)17-26(35)29(23)30)27(36)18-39-28(37)15-19-4-5-20-10-13-33(3)25(20)14-19/h4-5,8,10-11,13-14,16,23-24,26,29,35,38H,6-7,9,12,15,17-18H2,1-3H3/t23?,24?,26-,29?,30?,31?,32-/m0/s1. The normalized spacial score (nSPS) is 37.2. The van der Waals surface area contributed by atoms with Crippen LogP contribution in [0.3, 0.4) is 0 Å². The molecule has 0 aliphatic heterocycles. The van der Waals surface area contributed by atoms with Gasteiger partial charge in [0.2, 0.25) is 5.78 Å². The van der Waals surface area contributed by atoms with Gasteiger partial charge in [-0.25, -0.2) is 0 Å². The van der Waals surface area contributed by atoms with E-state index in [1.807, 2.05) is 55.1 Å². The van der Waals surface area contributed by atoms with Crippen molar-refractivity contribution in [2.75, 3.05) is 6.61 Å². The van der Waals surface area contributed by atoms with Crippen molar-refractivity contribution >= 4 is 28.4 Å². The number of ether oxygens (including phenoxy) is 1. The van der Waals surface area contributed by atoms with Crippen molar-refractivity contribution in [2.45, 2.75) is 64.1 Å². The highest BCUT2D eigenvalue weighted by molar-refractivity contribution is 6.01. The SMILES string of the molecule is Cn1ccc2ccc(CC(=O)OCC(=O)[C@@]3(O)CCC4C5CCC6=CC(=O)C=CC6(C)C5[C@@H](O)CC43C)cc21. The van der Waals surface area contributed by atoms with Crippen molar-refractivity contribution in [1.29, 1.82) is 0 Å². The highest BCUT2D eigenvalue weighted by Crippen LogP contribution is 2.67. The van der Waals surface area contributed by atoms with Crippen LogP contribution in [0, 0.1) is 28.6 Å². The Kier molecular flexibility index (Phi) is 6.05. The molecule has 2 aromatic rings. The van der Waals surface area contributed by atoms with Crippen LogP contribution >= 0.6 is 0 Å². The number of ketones is 2. The van der Waals surface area contributed by atoms with Gasteiger partial charge in [-0.05, 0) is 79.2 Å². The minimum Gasteiger partial charge on any atom is -0.457 e. The van der Waals surface area contributed by atoms with E-state index in [0.717, 1.165) is 34.9 Å². The third kappa shape index (κ3) is 3.88. The summed E-state index contributed by atoms with van der Waals surface area (Å²) in [6.45, 7) is 3.54. The van der Waals surface area contributed by atoms with Gasteiger partial charge in [0.25, 0.3) is 0 Å². The molecule has 0 saturated heterocycles. The molecular weight excluding hydrogens is 494 g/mol. The molecule has 7 atom stereocenters. The number of aliphatic hydroxyl groups excluding tert-OH is 1. The Morgan fingerprint density at radius 1 is 1.18 bits per heavy atom. The zero-order valence-corrected chi connectivity index (χ0v) is 22.9. The summed E-state index contributed by atoms with van der Waals surface area (Å²) in [5.74, 6) is -0.909. The van der Waals surface area contributed by atoms with E-state index in [1.54, 1.807) is 12.2 Å². The molecule has 206 valence electrons. The lowest BCUT2D eigenvalue weighted by molar-refractivity contribution is -0.181. The van der Waals surface area contributed by atoms with Gasteiger partial charge in [0, 0.05) is 35.5 Å². The maximum Gasteiger partial charge on any atom is 0.310 e. The van der Waals surface area contributed by atoms with Gasteiger partial charge in [-0.2, -0.15) is 0 Å². The van der Waals surface area contributed by atoms with Gasteiger partial charge in [-0.3, -0.25) is 14.4 Å². The predicted octanol–water partition coefficient (Wildman–Crippen LogP) is 3.84. The van der Waals surface area contributed by atoms with Gasteiger partial charge in [-0.15, -0.1) is 0 Å². The lowest BCUT2D eigenvalue weighted by atomic mass is 9.46. The molecule has 7 nitrogen and oxygen atoms in total. The average molecular weight is 532 g/mol. The monoisotopic (exact) mass is 531 g/mol. The molecule has 2 N–H and O–H groups in total. The van der Waals surface area contributed by atoms with Crippen LogP contribution in [0.15, 0.2) is 54.3 Å². The summed E-state index contributed by atoms with van der Waals surface area (Å²) in [7, 11) is 1.94. The van der Waals surface area contributed by atoms with E-state index in [4.69, 9.17) is 4.74 Å². The van der Waals surface area contributed by atoms with Crippen molar-refractivity contribution in [3.8, 4) is 0 Å². The summed E-state index contributed by atoms with van der Waals surface area (Å²) in [6, 6.07) is 7.78. The number of carbonyl (C=O) groups is 3. The first-order chi connectivity index (χ1) is 18.5. The van der Waals surface area contributed by atoms with Crippen LogP contribution in [-0.2, 0) is 32.6 Å². The number of benzene rings is 1. The van der Waals surface area contributed by atoms with Crippen LogP contribution in [0.5, 0.6) is 0 Å². The summed E-state index contributed by atoms with van der Waals surface area (Å²) in [6.07, 6.45) is 9.39. The summed E-state index contributed by atoms with van der Waals surface area (Å²) in [4.78, 5) is 38.2. The van der Waals surface area contributed by atoms with Gasteiger partial charge in [-0.1, -0.05) is 37.6 Å². The van der Waals surface area contributed by atoms with Crippen LogP contribution in [0.4, 0.5) is 0 Å². The number of esters is 1. The summed E-state index contributed by atoms with van der Waals surface area (Å²) < 4.78 is 7.38. The van der Waals surface area contributed by atoms with Crippen LogP contribution in [0.2, 0.25) is 0 Å². The molecule has 6 rings (SSSR count). The minimum absolute atomic E-state index is 0.00744. The molecule has 3 fully saturated rings. The summed E-state index contributed by atoms with van der Waals surface area (Å²) in [5.41, 5.74) is -0.00443. The van der Waals surface area contributed by atoms with E-state index >= 15 is 0 Å². The topological polar surface area (TPSA) is 106 Å². The number of aryl methyl sites for hydroxylation is 1. The van der Waals surface area contributed by atoms with Crippen LogP contribution in [-0.4, -0.2) is 50.6 Å². The Balaban J connectivity index is 1.16. The number of hydrogen-bond acceptors (Lipinski definition) is 6. The lowest BCUT2D eigenvalue weighted by Crippen LogP contribution is -2.61. The molecule has 3 saturated carbocycles. The van der Waals surface area contributed by atoms with E-state index in [2.05, 4.69) is 6.92 Å². The quantitative estimate of drug-likeness (QED) is 0.568. The van der Waals surface area contributed by atoms with Crippen LogP contribution in [0.25, 0.3) is 10.9 Å². The molecule has 1 heterocycles. The Morgan fingerprint density at radius 3 is 2.77 bits per heavy atom. The number of aromatic nitrogens is 1. The molecule has 0 amide bonds. The maximum absolute atomic E-state index is 13.5. The van der Waals surface area contributed by atoms with Crippen molar-refractivity contribution in [3.05, 3.63) is 59.8 Å². The third-order valence-electron chi connectivity index (χ3n) is 10.8. The predicted molar refractivity (Wildman–Crippen MR) is 146 cm³/mol. The first kappa shape index (κ1) is 26.2. The third-order valence-corrected chi connectivity index (χ3v) is 10.8. The number of Topliss-reactive ketones (excluding diaryl/α,β-unsaturated/α-hetero) is 1. The van der Waals surface area contributed by atoms with Crippen LogP contribution in [0.1, 0.15) is 51.5 Å². The smallest absolute Gasteiger partial charge is 0.310 e.